The lowest BCUT2D eigenvalue weighted by Crippen LogP contribution is -2.50. The predicted molar refractivity (Wildman–Crippen MR) is 72.6 cm³/mol. The van der Waals surface area contributed by atoms with Gasteiger partial charge in [0.1, 0.15) is 0 Å². The van der Waals surface area contributed by atoms with Gasteiger partial charge >= 0.3 is 0 Å². The van der Waals surface area contributed by atoms with Gasteiger partial charge in [-0.15, -0.1) is 0 Å². The van der Waals surface area contributed by atoms with Crippen LogP contribution in [0.2, 0.25) is 0 Å². The molecule has 0 spiro atoms. The van der Waals surface area contributed by atoms with E-state index >= 15 is 0 Å². The van der Waals surface area contributed by atoms with Gasteiger partial charge in [-0.05, 0) is 31.0 Å². The van der Waals surface area contributed by atoms with E-state index in [9.17, 15) is 0 Å². The maximum atomic E-state index is 5.56. The highest BCUT2D eigenvalue weighted by atomic mass is 16.5. The lowest BCUT2D eigenvalue weighted by atomic mass is 9.92. The van der Waals surface area contributed by atoms with Gasteiger partial charge < -0.3 is 10.1 Å². The number of nitrogens with one attached hydrogen (secondary N) is 1. The molecule has 2 unspecified atom stereocenters. The molecule has 0 bridgehead atoms. The average molecular weight is 246 g/mol. The number of hydrogen-bond donors (Lipinski definition) is 1. The van der Waals surface area contributed by atoms with Crippen LogP contribution in [0.4, 0.5) is 0 Å². The third kappa shape index (κ3) is 2.30. The quantitative estimate of drug-likeness (QED) is 0.873. The average Bonchev–Trinajstić information content (AvgIpc) is 2.92. The van der Waals surface area contributed by atoms with Crippen LogP contribution in [0.3, 0.4) is 0 Å². The summed E-state index contributed by atoms with van der Waals surface area (Å²) in [6, 6.07) is 10.1. The van der Waals surface area contributed by atoms with Crippen molar-refractivity contribution in [3.8, 4) is 0 Å². The van der Waals surface area contributed by atoms with Gasteiger partial charge in [-0.3, -0.25) is 4.90 Å². The fourth-order valence-corrected chi connectivity index (χ4v) is 3.24. The molecule has 0 aliphatic carbocycles. The van der Waals surface area contributed by atoms with Gasteiger partial charge in [-0.2, -0.15) is 0 Å². The van der Waals surface area contributed by atoms with E-state index in [0.29, 0.717) is 12.1 Å². The summed E-state index contributed by atoms with van der Waals surface area (Å²) in [4.78, 5) is 2.64. The van der Waals surface area contributed by atoms with Crippen LogP contribution in [-0.4, -0.2) is 43.8 Å². The Balaban J connectivity index is 1.82. The highest BCUT2D eigenvalue weighted by Crippen LogP contribution is 2.27. The van der Waals surface area contributed by atoms with E-state index in [2.05, 4.69) is 34.5 Å². The van der Waals surface area contributed by atoms with Crippen molar-refractivity contribution in [2.45, 2.75) is 31.5 Å². The first-order valence-electron chi connectivity index (χ1n) is 6.93. The van der Waals surface area contributed by atoms with Crippen molar-refractivity contribution in [2.24, 2.45) is 0 Å². The number of nitrogens with zero attached hydrogens (tertiary/aromatic N) is 1. The van der Waals surface area contributed by atoms with E-state index in [1.807, 2.05) is 7.05 Å². The lowest BCUT2D eigenvalue weighted by molar-refractivity contribution is 0.0921. The largest absolute Gasteiger partial charge is 0.380 e. The summed E-state index contributed by atoms with van der Waals surface area (Å²) in [5.41, 5.74) is 3.02. The van der Waals surface area contributed by atoms with Crippen LogP contribution < -0.4 is 5.32 Å². The normalized spacial score (nSPS) is 28.3. The molecule has 1 aromatic rings. The molecular weight excluding hydrogens is 224 g/mol. The topological polar surface area (TPSA) is 24.5 Å². The summed E-state index contributed by atoms with van der Waals surface area (Å²) in [6.07, 6.45) is 2.34. The van der Waals surface area contributed by atoms with Crippen LogP contribution in [0.25, 0.3) is 0 Å². The number of hydrogen-bond acceptors (Lipinski definition) is 3. The van der Waals surface area contributed by atoms with Crippen LogP contribution in [0.1, 0.15) is 17.5 Å². The molecule has 0 radical (unpaired) electrons. The van der Waals surface area contributed by atoms with Crippen molar-refractivity contribution in [1.82, 2.24) is 10.2 Å². The summed E-state index contributed by atoms with van der Waals surface area (Å²) < 4.78 is 5.56. The summed E-state index contributed by atoms with van der Waals surface area (Å²) in [7, 11) is 2.05. The molecule has 0 amide bonds. The minimum absolute atomic E-state index is 0.608. The molecule has 18 heavy (non-hydrogen) atoms. The van der Waals surface area contributed by atoms with Crippen molar-refractivity contribution in [3.05, 3.63) is 35.4 Å². The van der Waals surface area contributed by atoms with E-state index in [1.165, 1.54) is 17.5 Å². The Labute approximate surface area is 109 Å². The van der Waals surface area contributed by atoms with Gasteiger partial charge in [0.2, 0.25) is 0 Å². The van der Waals surface area contributed by atoms with Crippen molar-refractivity contribution in [3.63, 3.8) is 0 Å². The van der Waals surface area contributed by atoms with Crippen LogP contribution in [0.5, 0.6) is 0 Å². The summed E-state index contributed by atoms with van der Waals surface area (Å²) in [5.74, 6) is 0. The minimum atomic E-state index is 0.608. The third-order valence-electron chi connectivity index (χ3n) is 4.21. The van der Waals surface area contributed by atoms with Crippen LogP contribution in [0.15, 0.2) is 24.3 Å². The van der Waals surface area contributed by atoms with Gasteiger partial charge in [-0.25, -0.2) is 0 Å². The third-order valence-corrected chi connectivity index (χ3v) is 4.21. The van der Waals surface area contributed by atoms with Crippen molar-refractivity contribution < 1.29 is 4.74 Å². The van der Waals surface area contributed by atoms with Gasteiger partial charge in [0.05, 0.1) is 6.61 Å². The highest BCUT2D eigenvalue weighted by molar-refractivity contribution is 5.30. The highest BCUT2D eigenvalue weighted by Gasteiger charge is 2.32. The van der Waals surface area contributed by atoms with Crippen molar-refractivity contribution >= 4 is 0 Å². The molecule has 1 saturated heterocycles. The van der Waals surface area contributed by atoms with Crippen LogP contribution in [0, 0.1) is 0 Å². The number of rotatable bonds is 3. The minimum Gasteiger partial charge on any atom is -0.380 e. The van der Waals surface area contributed by atoms with E-state index in [0.717, 1.165) is 32.7 Å². The molecule has 2 aliphatic rings. The molecule has 0 saturated carbocycles. The summed E-state index contributed by atoms with van der Waals surface area (Å²) >= 11 is 0. The zero-order valence-electron chi connectivity index (χ0n) is 11.1. The Morgan fingerprint density at radius 2 is 2.17 bits per heavy atom. The maximum Gasteiger partial charge on any atom is 0.0622 e. The van der Waals surface area contributed by atoms with E-state index < -0.39 is 0 Å². The fraction of sp³-hybridized carbons (Fsp3) is 0.600. The first kappa shape index (κ1) is 12.2. The molecule has 98 valence electrons. The Morgan fingerprint density at radius 3 is 2.89 bits per heavy atom. The maximum absolute atomic E-state index is 5.56. The van der Waals surface area contributed by atoms with Crippen molar-refractivity contribution in [1.29, 1.82) is 0 Å². The zero-order valence-corrected chi connectivity index (χ0v) is 11.1. The second kappa shape index (κ2) is 5.39. The molecule has 1 fully saturated rings. The van der Waals surface area contributed by atoms with E-state index in [4.69, 9.17) is 4.74 Å². The molecule has 1 N–H and O–H groups in total. The number of benzene rings is 1. The zero-order chi connectivity index (χ0) is 12.4. The van der Waals surface area contributed by atoms with Gasteiger partial charge in [-0.1, -0.05) is 24.3 Å². The first-order chi connectivity index (χ1) is 8.88. The standard InChI is InChI=1S/C15H22N2O/c1-16-9-15-8-12-4-2-3-5-13(12)10-17(15)14-6-7-18-11-14/h2-5,14-16H,6-11H2,1H3. The second-order valence-corrected chi connectivity index (χ2v) is 5.37. The summed E-state index contributed by atoms with van der Waals surface area (Å²) in [5, 5.41) is 3.34. The molecule has 2 aliphatic heterocycles. The predicted octanol–water partition coefficient (Wildman–Crippen LogP) is 1.42. The van der Waals surface area contributed by atoms with Crippen LogP contribution >= 0.6 is 0 Å². The second-order valence-electron chi connectivity index (χ2n) is 5.37. The number of fused-ring (bicyclic) bond motifs is 1. The molecule has 1 aromatic carbocycles. The number of likely N-dealkylation sites (N-methyl/N-ethyl adjacent to an activating group) is 1. The molecule has 3 rings (SSSR count). The van der Waals surface area contributed by atoms with Crippen molar-refractivity contribution in [2.75, 3.05) is 26.8 Å². The van der Waals surface area contributed by atoms with E-state index in [-0.39, 0.29) is 0 Å². The first-order valence-corrected chi connectivity index (χ1v) is 6.93. The Kier molecular flexibility index (Phi) is 3.64. The fourth-order valence-electron chi connectivity index (χ4n) is 3.24. The Bertz CT molecular complexity index is 401. The molecular formula is C15H22N2O. The van der Waals surface area contributed by atoms with Gasteiger partial charge in [0.25, 0.3) is 0 Å². The van der Waals surface area contributed by atoms with Crippen LogP contribution in [-0.2, 0) is 17.7 Å². The number of ether oxygens (including phenoxy) is 1. The Hall–Kier alpha value is -0.900. The lowest BCUT2D eigenvalue weighted by Gasteiger charge is -2.40. The van der Waals surface area contributed by atoms with Gasteiger partial charge in [0.15, 0.2) is 0 Å². The Morgan fingerprint density at radius 1 is 1.33 bits per heavy atom. The SMILES string of the molecule is CNCC1Cc2ccccc2CN1C1CCOC1. The monoisotopic (exact) mass is 246 g/mol. The molecule has 2 atom stereocenters. The van der Waals surface area contributed by atoms with E-state index in [1.54, 1.807) is 0 Å². The molecule has 2 heterocycles. The van der Waals surface area contributed by atoms with Gasteiger partial charge in [0, 0.05) is 31.8 Å². The molecule has 0 aromatic heterocycles. The molecule has 3 nitrogen and oxygen atoms in total. The summed E-state index contributed by atoms with van der Waals surface area (Å²) in [6.45, 7) is 3.97. The molecule has 3 heteroatoms. The smallest absolute Gasteiger partial charge is 0.0622 e.